The van der Waals surface area contributed by atoms with Crippen molar-refractivity contribution in [1.82, 2.24) is 5.32 Å². The predicted molar refractivity (Wildman–Crippen MR) is 65.8 cm³/mol. The largest absolute Gasteiger partial charge is 0.506 e. The maximum absolute atomic E-state index is 11.7. The van der Waals surface area contributed by atoms with Crippen molar-refractivity contribution in [2.75, 3.05) is 12.3 Å². The molecule has 0 saturated carbocycles. The quantitative estimate of drug-likeness (QED) is 0.462. The smallest absolute Gasteiger partial charge is 0.251 e. The Morgan fingerprint density at radius 1 is 1.53 bits per heavy atom. The highest BCUT2D eigenvalue weighted by Gasteiger charge is 2.19. The molecule has 0 bridgehead atoms. The van der Waals surface area contributed by atoms with E-state index in [1.165, 1.54) is 18.2 Å². The Bertz CT molecular complexity index is 416. The molecule has 0 saturated heterocycles. The molecular weight excluding hydrogens is 220 g/mol. The van der Waals surface area contributed by atoms with Crippen molar-refractivity contribution >= 4 is 11.6 Å². The minimum Gasteiger partial charge on any atom is -0.506 e. The number of hydrogen-bond donors (Lipinski definition) is 4. The Labute approximate surface area is 100 Å². The monoisotopic (exact) mass is 238 g/mol. The maximum Gasteiger partial charge on any atom is 0.251 e. The van der Waals surface area contributed by atoms with E-state index >= 15 is 0 Å². The number of phenolic OH excluding ortho intramolecular Hbond substituents is 1. The van der Waals surface area contributed by atoms with Gasteiger partial charge < -0.3 is 21.3 Å². The lowest BCUT2D eigenvalue weighted by atomic mass is 10.0. The van der Waals surface area contributed by atoms with Crippen molar-refractivity contribution in [3.05, 3.63) is 23.8 Å². The second kappa shape index (κ2) is 5.05. The molecule has 0 fully saturated rings. The molecule has 94 valence electrons. The van der Waals surface area contributed by atoms with Gasteiger partial charge in [-0.15, -0.1) is 0 Å². The van der Waals surface area contributed by atoms with Crippen LogP contribution in [0.25, 0.3) is 0 Å². The van der Waals surface area contributed by atoms with E-state index in [0.717, 1.165) is 0 Å². The number of nitrogens with two attached hydrogens (primary N) is 1. The Kier molecular flexibility index (Phi) is 3.96. The van der Waals surface area contributed by atoms with Crippen LogP contribution < -0.4 is 11.1 Å². The summed E-state index contributed by atoms with van der Waals surface area (Å²) in [7, 11) is 0. The standard InChI is InChI=1S/C12H18N2O3/c1-3-12(2,17)7-14-11(16)8-4-5-9(13)10(15)6-8/h4-6,15,17H,3,7,13H2,1-2H3,(H,14,16). The zero-order valence-electron chi connectivity index (χ0n) is 10.0. The highest BCUT2D eigenvalue weighted by molar-refractivity contribution is 5.95. The maximum atomic E-state index is 11.7. The second-order valence-corrected chi connectivity index (χ2v) is 4.31. The fourth-order valence-electron chi connectivity index (χ4n) is 1.18. The highest BCUT2D eigenvalue weighted by atomic mass is 16.3. The zero-order chi connectivity index (χ0) is 13.1. The fraction of sp³-hybridized carbons (Fsp3) is 0.417. The molecule has 0 aliphatic heterocycles. The number of nitrogens with one attached hydrogen (secondary N) is 1. The first kappa shape index (κ1) is 13.3. The van der Waals surface area contributed by atoms with Crippen LogP contribution in [0, 0.1) is 0 Å². The van der Waals surface area contributed by atoms with E-state index in [4.69, 9.17) is 5.73 Å². The molecule has 1 rings (SSSR count). The van der Waals surface area contributed by atoms with E-state index in [2.05, 4.69) is 5.32 Å². The van der Waals surface area contributed by atoms with Crippen LogP contribution in [0.4, 0.5) is 5.69 Å². The molecule has 1 amide bonds. The number of hydrogen-bond acceptors (Lipinski definition) is 4. The predicted octanol–water partition coefficient (Wildman–Crippen LogP) is 0.865. The summed E-state index contributed by atoms with van der Waals surface area (Å²) in [6.07, 6.45) is 0.542. The first-order chi connectivity index (χ1) is 7.85. The van der Waals surface area contributed by atoms with Crippen molar-refractivity contribution in [2.45, 2.75) is 25.9 Å². The molecule has 5 heteroatoms. The number of carbonyl (C=O) groups is 1. The normalized spacial score (nSPS) is 14.1. The van der Waals surface area contributed by atoms with Gasteiger partial charge in [0.25, 0.3) is 5.91 Å². The van der Waals surface area contributed by atoms with Crippen molar-refractivity contribution in [3.63, 3.8) is 0 Å². The molecule has 5 nitrogen and oxygen atoms in total. The lowest BCUT2D eigenvalue weighted by Crippen LogP contribution is -2.40. The first-order valence-corrected chi connectivity index (χ1v) is 5.45. The summed E-state index contributed by atoms with van der Waals surface area (Å²) >= 11 is 0. The lowest BCUT2D eigenvalue weighted by Gasteiger charge is -2.21. The SMILES string of the molecule is CCC(C)(O)CNC(=O)c1ccc(N)c(O)c1. The Hall–Kier alpha value is -1.75. The van der Waals surface area contributed by atoms with Gasteiger partial charge in [0, 0.05) is 12.1 Å². The molecule has 1 unspecified atom stereocenters. The number of anilines is 1. The fourth-order valence-corrected chi connectivity index (χ4v) is 1.18. The topological polar surface area (TPSA) is 95.6 Å². The van der Waals surface area contributed by atoms with Gasteiger partial charge in [-0.05, 0) is 31.5 Å². The number of nitrogen functional groups attached to an aromatic ring is 1. The van der Waals surface area contributed by atoms with Gasteiger partial charge in [0.05, 0.1) is 11.3 Å². The van der Waals surface area contributed by atoms with Crippen molar-refractivity contribution < 1.29 is 15.0 Å². The molecule has 1 aromatic rings. The van der Waals surface area contributed by atoms with Gasteiger partial charge in [0.15, 0.2) is 0 Å². The molecule has 0 aromatic heterocycles. The minimum atomic E-state index is -0.925. The molecule has 0 aliphatic carbocycles. The molecule has 1 atom stereocenters. The number of phenols is 1. The van der Waals surface area contributed by atoms with Crippen LogP contribution in [0.3, 0.4) is 0 Å². The van der Waals surface area contributed by atoms with Crippen LogP contribution in [0.2, 0.25) is 0 Å². The third kappa shape index (κ3) is 3.64. The first-order valence-electron chi connectivity index (χ1n) is 5.45. The van der Waals surface area contributed by atoms with Gasteiger partial charge >= 0.3 is 0 Å². The number of benzene rings is 1. The molecule has 0 aliphatic rings. The summed E-state index contributed by atoms with van der Waals surface area (Å²) in [5.74, 6) is -0.478. The van der Waals surface area contributed by atoms with Gasteiger partial charge in [0.1, 0.15) is 5.75 Å². The van der Waals surface area contributed by atoms with Crippen molar-refractivity contribution in [3.8, 4) is 5.75 Å². The Balaban J connectivity index is 2.68. The van der Waals surface area contributed by atoms with Crippen molar-refractivity contribution in [1.29, 1.82) is 0 Å². The molecule has 5 N–H and O–H groups in total. The van der Waals surface area contributed by atoms with E-state index in [9.17, 15) is 15.0 Å². The Morgan fingerprint density at radius 2 is 2.18 bits per heavy atom. The van der Waals surface area contributed by atoms with Gasteiger partial charge in [-0.2, -0.15) is 0 Å². The van der Waals surface area contributed by atoms with Crippen LogP contribution in [-0.2, 0) is 0 Å². The number of carbonyl (C=O) groups excluding carboxylic acids is 1. The van der Waals surface area contributed by atoms with E-state index in [-0.39, 0.29) is 23.9 Å². The second-order valence-electron chi connectivity index (χ2n) is 4.31. The molecule has 17 heavy (non-hydrogen) atoms. The van der Waals surface area contributed by atoms with E-state index < -0.39 is 5.60 Å². The van der Waals surface area contributed by atoms with Crippen LogP contribution in [-0.4, -0.2) is 28.3 Å². The summed E-state index contributed by atoms with van der Waals surface area (Å²) < 4.78 is 0. The minimum absolute atomic E-state index is 0.125. The van der Waals surface area contributed by atoms with Crippen LogP contribution in [0.15, 0.2) is 18.2 Å². The summed E-state index contributed by atoms with van der Waals surface area (Å²) in [6, 6.07) is 4.28. The van der Waals surface area contributed by atoms with Crippen molar-refractivity contribution in [2.24, 2.45) is 0 Å². The molecular formula is C12H18N2O3. The molecule has 0 radical (unpaired) electrons. The number of aliphatic hydroxyl groups is 1. The number of amides is 1. The van der Waals surface area contributed by atoms with Crippen LogP contribution >= 0.6 is 0 Å². The summed E-state index contributed by atoms with van der Waals surface area (Å²) in [6.45, 7) is 3.64. The molecule has 0 heterocycles. The van der Waals surface area contributed by atoms with E-state index in [1.54, 1.807) is 6.92 Å². The number of aromatic hydroxyl groups is 1. The van der Waals surface area contributed by atoms with Crippen LogP contribution in [0.1, 0.15) is 30.6 Å². The Morgan fingerprint density at radius 3 is 2.71 bits per heavy atom. The van der Waals surface area contributed by atoms with Gasteiger partial charge in [0.2, 0.25) is 0 Å². The summed E-state index contributed by atoms with van der Waals surface area (Å²) in [5.41, 5.74) is 5.04. The average molecular weight is 238 g/mol. The third-order valence-corrected chi connectivity index (χ3v) is 2.68. The lowest BCUT2D eigenvalue weighted by molar-refractivity contribution is 0.0518. The number of rotatable bonds is 4. The van der Waals surface area contributed by atoms with Gasteiger partial charge in [-0.1, -0.05) is 6.92 Å². The highest BCUT2D eigenvalue weighted by Crippen LogP contribution is 2.20. The van der Waals surface area contributed by atoms with Crippen LogP contribution in [0.5, 0.6) is 5.75 Å². The van der Waals surface area contributed by atoms with Gasteiger partial charge in [-0.25, -0.2) is 0 Å². The van der Waals surface area contributed by atoms with E-state index in [1.807, 2.05) is 6.92 Å². The zero-order valence-corrected chi connectivity index (χ0v) is 10.0. The molecule has 1 aromatic carbocycles. The summed E-state index contributed by atoms with van der Waals surface area (Å²) in [5, 5.41) is 21.7. The van der Waals surface area contributed by atoms with E-state index in [0.29, 0.717) is 12.0 Å². The molecule has 0 spiro atoms. The third-order valence-electron chi connectivity index (χ3n) is 2.68. The summed E-state index contributed by atoms with van der Waals surface area (Å²) in [4.78, 5) is 11.7. The van der Waals surface area contributed by atoms with Gasteiger partial charge in [-0.3, -0.25) is 4.79 Å². The average Bonchev–Trinajstić information content (AvgIpc) is 2.30.